The van der Waals surface area contributed by atoms with E-state index in [-0.39, 0.29) is 36.6 Å². The third-order valence-corrected chi connectivity index (χ3v) is 6.48. The van der Waals surface area contributed by atoms with Crippen molar-refractivity contribution < 1.29 is 33.1 Å². The first-order valence-electron chi connectivity index (χ1n) is 11.4. The number of likely N-dealkylation sites (tertiary alicyclic amines) is 1. The highest BCUT2D eigenvalue weighted by molar-refractivity contribution is 6.08. The molecule has 5 rings (SSSR count). The number of anilines is 1. The van der Waals surface area contributed by atoms with Crippen LogP contribution in [0.15, 0.2) is 53.0 Å². The number of nitrogens with zero attached hydrogens (tertiary/aromatic N) is 1. The zero-order chi connectivity index (χ0) is 24.5. The molecule has 2 aromatic carbocycles. The molecule has 1 N–H and O–H groups in total. The molecule has 3 amide bonds. The van der Waals surface area contributed by atoms with E-state index in [9.17, 15) is 19.2 Å². The maximum atomic E-state index is 12.5. The molecule has 1 saturated heterocycles. The van der Waals surface area contributed by atoms with Crippen LogP contribution in [-0.4, -0.2) is 48.9 Å². The van der Waals surface area contributed by atoms with Crippen molar-refractivity contribution in [3.05, 3.63) is 48.6 Å². The molecule has 1 aliphatic heterocycles. The lowest BCUT2D eigenvalue weighted by molar-refractivity contribution is -0.148. The van der Waals surface area contributed by atoms with Gasteiger partial charge in [-0.3, -0.25) is 24.1 Å². The van der Waals surface area contributed by atoms with E-state index in [0.717, 1.165) is 15.7 Å². The van der Waals surface area contributed by atoms with Crippen molar-refractivity contribution in [3.63, 3.8) is 0 Å². The number of hydrogen-bond donors (Lipinski definition) is 1. The van der Waals surface area contributed by atoms with Gasteiger partial charge >= 0.3 is 5.97 Å². The molecular weight excluding hydrogens is 452 g/mol. The van der Waals surface area contributed by atoms with Gasteiger partial charge < -0.3 is 19.2 Å². The molecule has 2 aliphatic rings. The third kappa shape index (κ3) is 4.25. The Balaban J connectivity index is 1.17. The summed E-state index contributed by atoms with van der Waals surface area (Å²) >= 11 is 0. The first-order valence-corrected chi connectivity index (χ1v) is 11.4. The summed E-state index contributed by atoms with van der Waals surface area (Å²) in [6.07, 6.45) is 4.72. The second-order valence-electron chi connectivity index (χ2n) is 8.59. The van der Waals surface area contributed by atoms with Gasteiger partial charge in [-0.2, -0.15) is 0 Å². The van der Waals surface area contributed by atoms with Crippen molar-refractivity contribution in [2.24, 2.45) is 11.8 Å². The molecule has 0 unspecified atom stereocenters. The van der Waals surface area contributed by atoms with Crippen molar-refractivity contribution >= 4 is 51.3 Å². The zero-order valence-electron chi connectivity index (χ0n) is 19.1. The number of amides is 3. The largest absolute Gasteiger partial charge is 0.495 e. The summed E-state index contributed by atoms with van der Waals surface area (Å²) in [5, 5.41) is 4.45. The molecule has 0 radical (unpaired) electrons. The van der Waals surface area contributed by atoms with Crippen LogP contribution in [0.4, 0.5) is 5.69 Å². The van der Waals surface area contributed by atoms with Crippen molar-refractivity contribution in [2.75, 3.05) is 25.6 Å². The summed E-state index contributed by atoms with van der Waals surface area (Å²) in [6.45, 7) is -0.571. The first kappa shape index (κ1) is 22.6. The zero-order valence-corrected chi connectivity index (χ0v) is 19.1. The number of furan rings is 1. The lowest BCUT2D eigenvalue weighted by atomic mass is 9.85. The number of carbonyl (C=O) groups excluding carboxylic acids is 4. The van der Waals surface area contributed by atoms with Crippen LogP contribution in [0.25, 0.3) is 21.9 Å². The number of benzene rings is 2. The molecule has 0 saturated carbocycles. The second kappa shape index (κ2) is 9.25. The fraction of sp³-hybridized carbons (Fsp3) is 0.308. The number of hydrogen-bond acceptors (Lipinski definition) is 7. The minimum atomic E-state index is -0.673. The number of carbonyl (C=O) groups is 4. The number of rotatable bonds is 7. The summed E-state index contributed by atoms with van der Waals surface area (Å²) in [7, 11) is 1.49. The predicted molar refractivity (Wildman–Crippen MR) is 127 cm³/mol. The van der Waals surface area contributed by atoms with Crippen LogP contribution in [0.5, 0.6) is 5.75 Å². The summed E-state index contributed by atoms with van der Waals surface area (Å²) in [6, 6.07) is 11.0. The minimum Gasteiger partial charge on any atom is -0.495 e. The standard InChI is InChI=1S/C26H24N2O7/c1-33-22-12-18-15-6-4-5-9-20(15)35-21(18)13-19(22)27-23(29)14-34-24(30)10-11-28-25(31)16-7-2-3-8-17(16)26(28)32/h2-6,9,12-13,16-17H,7-8,10-11,14H2,1H3,(H,27,29)/t16-,17-/m1/s1. The number of fused-ring (bicyclic) bond motifs is 4. The second-order valence-corrected chi connectivity index (χ2v) is 8.59. The highest BCUT2D eigenvalue weighted by Gasteiger charge is 2.46. The molecule has 1 aromatic heterocycles. The fourth-order valence-corrected chi connectivity index (χ4v) is 4.72. The number of para-hydroxylation sites is 1. The smallest absolute Gasteiger partial charge is 0.308 e. The first-order chi connectivity index (χ1) is 17.0. The summed E-state index contributed by atoms with van der Waals surface area (Å²) in [5.41, 5.74) is 1.67. The Labute approximate surface area is 200 Å². The average Bonchev–Trinajstić information content (AvgIpc) is 3.35. The normalized spacial score (nSPS) is 19.3. The monoisotopic (exact) mass is 476 g/mol. The maximum Gasteiger partial charge on any atom is 0.308 e. The van der Waals surface area contributed by atoms with Crippen molar-refractivity contribution in [1.82, 2.24) is 4.90 Å². The highest BCUT2D eigenvalue weighted by Crippen LogP contribution is 2.37. The lowest BCUT2D eigenvalue weighted by Gasteiger charge is -2.14. The minimum absolute atomic E-state index is 0.0539. The summed E-state index contributed by atoms with van der Waals surface area (Å²) in [4.78, 5) is 50.7. The number of ether oxygens (including phenoxy) is 2. The SMILES string of the molecule is COc1cc2c(cc1NC(=O)COC(=O)CCN1C(=O)[C@@H]3CC=CC[C@H]3C1=O)oc1ccccc12. The van der Waals surface area contributed by atoms with E-state index >= 15 is 0 Å². The molecule has 2 heterocycles. The molecule has 9 heteroatoms. The van der Waals surface area contributed by atoms with Crippen LogP contribution in [0, 0.1) is 11.8 Å². The molecule has 0 bridgehead atoms. The molecule has 2 atom stereocenters. The van der Waals surface area contributed by atoms with E-state index in [2.05, 4.69) is 5.32 Å². The third-order valence-electron chi connectivity index (χ3n) is 6.48. The number of nitrogens with one attached hydrogen (secondary N) is 1. The van der Waals surface area contributed by atoms with Crippen molar-refractivity contribution in [1.29, 1.82) is 0 Å². The van der Waals surface area contributed by atoms with Crippen LogP contribution < -0.4 is 10.1 Å². The Morgan fingerprint density at radius 3 is 2.46 bits per heavy atom. The number of methoxy groups -OCH3 is 1. The van der Waals surface area contributed by atoms with Gasteiger partial charge in [0.05, 0.1) is 31.1 Å². The number of imide groups is 1. The van der Waals surface area contributed by atoms with Crippen molar-refractivity contribution in [3.8, 4) is 5.75 Å². The van der Waals surface area contributed by atoms with Gasteiger partial charge in [0, 0.05) is 23.4 Å². The fourth-order valence-electron chi connectivity index (χ4n) is 4.72. The molecule has 180 valence electrons. The highest BCUT2D eigenvalue weighted by atomic mass is 16.5. The van der Waals surface area contributed by atoms with Crippen LogP contribution in [0.2, 0.25) is 0 Å². The van der Waals surface area contributed by atoms with Crippen molar-refractivity contribution in [2.45, 2.75) is 19.3 Å². The van der Waals surface area contributed by atoms with Gasteiger partial charge in [0.2, 0.25) is 11.8 Å². The Bertz CT molecular complexity index is 1350. The Hall–Kier alpha value is -4.14. The van der Waals surface area contributed by atoms with Gasteiger partial charge in [-0.1, -0.05) is 30.4 Å². The quantitative estimate of drug-likeness (QED) is 0.316. The van der Waals surface area contributed by atoms with E-state index in [4.69, 9.17) is 13.9 Å². The van der Waals surface area contributed by atoms with E-state index < -0.39 is 18.5 Å². The van der Waals surface area contributed by atoms with Crippen LogP contribution in [0.1, 0.15) is 19.3 Å². The topological polar surface area (TPSA) is 115 Å². The summed E-state index contributed by atoms with van der Waals surface area (Å²) in [5.74, 6) is -1.97. The molecule has 9 nitrogen and oxygen atoms in total. The van der Waals surface area contributed by atoms with Gasteiger partial charge in [0.1, 0.15) is 16.9 Å². The van der Waals surface area contributed by atoms with Gasteiger partial charge in [0.15, 0.2) is 6.61 Å². The van der Waals surface area contributed by atoms with Gasteiger partial charge in [-0.15, -0.1) is 0 Å². The molecule has 1 aliphatic carbocycles. The molecule has 1 fully saturated rings. The number of allylic oxidation sites excluding steroid dienone is 2. The van der Waals surface area contributed by atoms with E-state index in [1.165, 1.54) is 7.11 Å². The predicted octanol–water partition coefficient (Wildman–Crippen LogP) is 3.42. The summed E-state index contributed by atoms with van der Waals surface area (Å²) < 4.78 is 16.3. The lowest BCUT2D eigenvalue weighted by Crippen LogP contribution is -2.33. The molecule has 0 spiro atoms. The van der Waals surface area contributed by atoms with Gasteiger partial charge in [0.25, 0.3) is 5.91 Å². The molecule has 35 heavy (non-hydrogen) atoms. The average molecular weight is 476 g/mol. The molecular formula is C26H24N2O7. The number of esters is 1. The van der Waals surface area contributed by atoms with E-state index in [1.807, 2.05) is 36.4 Å². The maximum absolute atomic E-state index is 12.5. The van der Waals surface area contributed by atoms with Gasteiger partial charge in [-0.25, -0.2) is 0 Å². The van der Waals surface area contributed by atoms with E-state index in [0.29, 0.717) is 35.4 Å². The van der Waals surface area contributed by atoms with E-state index in [1.54, 1.807) is 12.1 Å². The Kier molecular flexibility index (Phi) is 5.98. The van der Waals surface area contributed by atoms with Gasteiger partial charge in [-0.05, 0) is 25.0 Å². The van der Waals surface area contributed by atoms with Crippen LogP contribution >= 0.6 is 0 Å². The Morgan fingerprint density at radius 2 is 1.74 bits per heavy atom. The van der Waals surface area contributed by atoms with Crippen LogP contribution in [0.3, 0.4) is 0 Å². The Morgan fingerprint density at radius 1 is 1.03 bits per heavy atom. The van der Waals surface area contributed by atoms with Crippen LogP contribution in [-0.2, 0) is 23.9 Å². The molecule has 3 aromatic rings.